The van der Waals surface area contributed by atoms with Gasteiger partial charge in [0.15, 0.2) is 0 Å². The Morgan fingerprint density at radius 3 is 2.71 bits per heavy atom. The summed E-state index contributed by atoms with van der Waals surface area (Å²) in [6.07, 6.45) is 1.61. The number of likely N-dealkylation sites (N-methyl/N-ethyl adjacent to an activating group) is 1. The summed E-state index contributed by atoms with van der Waals surface area (Å²) in [5.74, 6) is 0.00641. The topological polar surface area (TPSA) is 79.4 Å². The number of pyridine rings is 1. The molecule has 5 nitrogen and oxygen atoms in total. The van der Waals surface area contributed by atoms with Crippen LogP contribution in [0.15, 0.2) is 18.3 Å². The van der Waals surface area contributed by atoms with E-state index in [4.69, 9.17) is 5.73 Å². The van der Waals surface area contributed by atoms with Gasteiger partial charge in [-0.25, -0.2) is 4.98 Å². The fourth-order valence-electron chi connectivity index (χ4n) is 1.64. The van der Waals surface area contributed by atoms with E-state index < -0.39 is 11.5 Å². The van der Waals surface area contributed by atoms with Crippen LogP contribution in [0.2, 0.25) is 0 Å². The predicted octanol–water partition coefficient (Wildman–Crippen LogP) is 0.778. The highest BCUT2D eigenvalue weighted by atomic mass is 16.3. The van der Waals surface area contributed by atoms with Crippen molar-refractivity contribution in [3.8, 4) is 0 Å². The lowest BCUT2D eigenvalue weighted by molar-refractivity contribution is 0.0870. The van der Waals surface area contributed by atoms with Crippen molar-refractivity contribution in [1.82, 2.24) is 4.98 Å². The van der Waals surface area contributed by atoms with Gasteiger partial charge in [-0.3, -0.25) is 4.79 Å². The van der Waals surface area contributed by atoms with Crippen molar-refractivity contribution in [2.75, 3.05) is 18.0 Å². The van der Waals surface area contributed by atoms with Crippen molar-refractivity contribution >= 4 is 11.7 Å². The zero-order chi connectivity index (χ0) is 13.1. The number of carbonyl (C=O) groups excluding carboxylic acids is 1. The third-order valence-corrected chi connectivity index (χ3v) is 2.31. The van der Waals surface area contributed by atoms with Gasteiger partial charge in [0.25, 0.3) is 5.91 Å². The fraction of sp³-hybridized carbons (Fsp3) is 0.500. The van der Waals surface area contributed by atoms with E-state index in [0.717, 1.165) is 0 Å². The van der Waals surface area contributed by atoms with Gasteiger partial charge in [-0.15, -0.1) is 0 Å². The molecule has 0 aliphatic carbocycles. The maximum atomic E-state index is 11.3. The van der Waals surface area contributed by atoms with E-state index in [1.165, 1.54) is 0 Å². The SMILES string of the molecule is CCN(CC(C)(C)O)c1ncccc1C(N)=O. The number of primary amides is 1. The Morgan fingerprint density at radius 1 is 1.59 bits per heavy atom. The third kappa shape index (κ3) is 3.71. The Morgan fingerprint density at radius 2 is 2.24 bits per heavy atom. The summed E-state index contributed by atoms with van der Waals surface area (Å²) in [4.78, 5) is 17.3. The molecule has 1 heterocycles. The second kappa shape index (κ2) is 5.14. The first kappa shape index (κ1) is 13.4. The predicted molar refractivity (Wildman–Crippen MR) is 66.9 cm³/mol. The molecule has 17 heavy (non-hydrogen) atoms. The van der Waals surface area contributed by atoms with Gasteiger partial charge >= 0.3 is 0 Å². The monoisotopic (exact) mass is 237 g/mol. The maximum Gasteiger partial charge on any atom is 0.252 e. The second-order valence-corrected chi connectivity index (χ2v) is 4.57. The summed E-state index contributed by atoms with van der Waals surface area (Å²) in [5, 5.41) is 9.82. The molecule has 0 aromatic carbocycles. The minimum Gasteiger partial charge on any atom is -0.389 e. The van der Waals surface area contributed by atoms with Crippen LogP contribution in [-0.2, 0) is 0 Å². The van der Waals surface area contributed by atoms with Crippen LogP contribution >= 0.6 is 0 Å². The quantitative estimate of drug-likeness (QED) is 0.793. The highest BCUT2D eigenvalue weighted by Crippen LogP contribution is 2.18. The average Bonchev–Trinajstić information content (AvgIpc) is 2.24. The van der Waals surface area contributed by atoms with Crippen molar-refractivity contribution in [2.45, 2.75) is 26.4 Å². The van der Waals surface area contributed by atoms with E-state index in [2.05, 4.69) is 4.98 Å². The molecule has 0 fully saturated rings. The Hall–Kier alpha value is -1.62. The summed E-state index contributed by atoms with van der Waals surface area (Å²) < 4.78 is 0. The number of aliphatic hydroxyl groups is 1. The zero-order valence-corrected chi connectivity index (χ0v) is 10.5. The zero-order valence-electron chi connectivity index (χ0n) is 10.5. The normalized spacial score (nSPS) is 11.3. The molecule has 94 valence electrons. The molecule has 5 heteroatoms. The molecule has 0 spiro atoms. The molecule has 0 saturated heterocycles. The highest BCUT2D eigenvalue weighted by Gasteiger charge is 2.21. The molecule has 1 aromatic rings. The standard InChI is InChI=1S/C12H19N3O2/c1-4-15(8-12(2,3)17)11-9(10(13)16)6-5-7-14-11/h5-7,17H,4,8H2,1-3H3,(H2,13,16). The van der Waals surface area contributed by atoms with Crippen molar-refractivity contribution in [2.24, 2.45) is 5.73 Å². The summed E-state index contributed by atoms with van der Waals surface area (Å²) in [5.41, 5.74) is 4.82. The molecule has 0 atom stereocenters. The Balaban J connectivity index is 3.07. The summed E-state index contributed by atoms with van der Waals surface area (Å²) in [7, 11) is 0. The lowest BCUT2D eigenvalue weighted by Gasteiger charge is -2.29. The van der Waals surface area contributed by atoms with Crippen LogP contribution in [-0.4, -0.2) is 34.7 Å². The first-order valence-corrected chi connectivity index (χ1v) is 5.57. The van der Waals surface area contributed by atoms with Crippen LogP contribution in [0.4, 0.5) is 5.82 Å². The van der Waals surface area contributed by atoms with Crippen LogP contribution in [0.1, 0.15) is 31.1 Å². The molecule has 1 amide bonds. The number of nitrogens with zero attached hydrogens (tertiary/aromatic N) is 2. The smallest absolute Gasteiger partial charge is 0.252 e. The number of amides is 1. The number of aromatic nitrogens is 1. The molecule has 0 aliphatic heterocycles. The van der Waals surface area contributed by atoms with Gasteiger partial charge in [0.1, 0.15) is 5.82 Å². The number of hydrogen-bond donors (Lipinski definition) is 2. The van der Waals surface area contributed by atoms with Crippen molar-refractivity contribution in [3.05, 3.63) is 23.9 Å². The molecular formula is C12H19N3O2. The second-order valence-electron chi connectivity index (χ2n) is 4.57. The highest BCUT2D eigenvalue weighted by molar-refractivity contribution is 5.97. The van der Waals surface area contributed by atoms with Gasteiger partial charge in [0, 0.05) is 19.3 Å². The largest absolute Gasteiger partial charge is 0.389 e. The first-order valence-electron chi connectivity index (χ1n) is 5.57. The Bertz CT molecular complexity index is 399. The molecule has 0 unspecified atom stereocenters. The third-order valence-electron chi connectivity index (χ3n) is 2.31. The maximum absolute atomic E-state index is 11.3. The fourth-order valence-corrected chi connectivity index (χ4v) is 1.64. The molecule has 3 N–H and O–H groups in total. The van der Waals surface area contributed by atoms with Crippen molar-refractivity contribution in [3.63, 3.8) is 0 Å². The minimum atomic E-state index is -0.859. The molecule has 1 aromatic heterocycles. The first-order chi connectivity index (χ1) is 7.85. The minimum absolute atomic E-state index is 0.374. The van der Waals surface area contributed by atoms with Crippen LogP contribution in [0.25, 0.3) is 0 Å². The van der Waals surface area contributed by atoms with E-state index in [0.29, 0.717) is 24.5 Å². The number of carbonyl (C=O) groups is 1. The molecule has 0 radical (unpaired) electrons. The average molecular weight is 237 g/mol. The Labute approximate surface area is 101 Å². The number of nitrogens with two attached hydrogens (primary N) is 1. The summed E-state index contributed by atoms with van der Waals surface area (Å²) in [6, 6.07) is 3.30. The van der Waals surface area contributed by atoms with E-state index in [9.17, 15) is 9.90 Å². The number of rotatable bonds is 5. The summed E-state index contributed by atoms with van der Waals surface area (Å²) in [6.45, 7) is 6.39. The molecule has 1 rings (SSSR count). The lowest BCUT2D eigenvalue weighted by Crippen LogP contribution is -2.40. The van der Waals surface area contributed by atoms with Crippen LogP contribution in [0.3, 0.4) is 0 Å². The van der Waals surface area contributed by atoms with Crippen LogP contribution in [0.5, 0.6) is 0 Å². The molecule has 0 saturated carbocycles. The van der Waals surface area contributed by atoms with Gasteiger partial charge in [-0.1, -0.05) is 0 Å². The van der Waals surface area contributed by atoms with E-state index in [-0.39, 0.29) is 0 Å². The van der Waals surface area contributed by atoms with Gasteiger partial charge < -0.3 is 15.7 Å². The van der Waals surface area contributed by atoms with E-state index in [1.54, 1.807) is 32.2 Å². The van der Waals surface area contributed by atoms with Gasteiger partial charge in [0.2, 0.25) is 0 Å². The molecule has 0 aliphatic rings. The van der Waals surface area contributed by atoms with E-state index >= 15 is 0 Å². The van der Waals surface area contributed by atoms with Crippen molar-refractivity contribution in [1.29, 1.82) is 0 Å². The van der Waals surface area contributed by atoms with Gasteiger partial charge in [0.05, 0.1) is 11.2 Å². The van der Waals surface area contributed by atoms with Crippen LogP contribution in [0, 0.1) is 0 Å². The number of hydrogen-bond acceptors (Lipinski definition) is 4. The lowest BCUT2D eigenvalue weighted by atomic mass is 10.1. The van der Waals surface area contributed by atoms with E-state index in [1.807, 2.05) is 11.8 Å². The molecular weight excluding hydrogens is 218 g/mol. The van der Waals surface area contributed by atoms with Crippen molar-refractivity contribution < 1.29 is 9.90 Å². The Kier molecular flexibility index (Phi) is 4.07. The van der Waals surface area contributed by atoms with Gasteiger partial charge in [-0.2, -0.15) is 0 Å². The number of anilines is 1. The summed E-state index contributed by atoms with van der Waals surface area (Å²) >= 11 is 0. The van der Waals surface area contributed by atoms with Gasteiger partial charge in [-0.05, 0) is 32.9 Å². The van der Waals surface area contributed by atoms with Crippen LogP contribution < -0.4 is 10.6 Å². The molecule has 0 bridgehead atoms.